The highest BCUT2D eigenvalue weighted by molar-refractivity contribution is 5.29. The summed E-state index contributed by atoms with van der Waals surface area (Å²) in [5.74, 6) is 1.19. The molecule has 0 radical (unpaired) electrons. The molecule has 2 rings (SSSR count). The standard InChI is InChI=1S/C8H8N4O2/c13-8-11-7(5-10-12-8)9-4-6-2-1-3-14-6/h1-3,5H,4H2,(H2,9,11,12,13). The smallest absolute Gasteiger partial charge is 0.363 e. The Labute approximate surface area is 79.0 Å². The van der Waals surface area contributed by atoms with Crippen LogP contribution in [0.2, 0.25) is 0 Å². The summed E-state index contributed by atoms with van der Waals surface area (Å²) in [7, 11) is 0. The molecular formula is C8H8N4O2. The van der Waals surface area contributed by atoms with Gasteiger partial charge in [-0.15, -0.1) is 0 Å². The molecule has 6 heteroatoms. The molecule has 2 aromatic rings. The molecule has 72 valence electrons. The number of furan rings is 1. The van der Waals surface area contributed by atoms with E-state index >= 15 is 0 Å². The van der Waals surface area contributed by atoms with Gasteiger partial charge in [-0.1, -0.05) is 0 Å². The van der Waals surface area contributed by atoms with E-state index in [9.17, 15) is 4.79 Å². The predicted octanol–water partition coefficient (Wildman–Crippen LogP) is 0.370. The number of nitrogens with one attached hydrogen (secondary N) is 2. The van der Waals surface area contributed by atoms with Crippen LogP contribution < -0.4 is 11.0 Å². The second kappa shape index (κ2) is 3.73. The van der Waals surface area contributed by atoms with Gasteiger partial charge >= 0.3 is 5.69 Å². The summed E-state index contributed by atoms with van der Waals surface area (Å²) >= 11 is 0. The highest BCUT2D eigenvalue weighted by Crippen LogP contribution is 2.02. The highest BCUT2D eigenvalue weighted by Gasteiger charge is 1.97. The van der Waals surface area contributed by atoms with Crippen LogP contribution in [0.5, 0.6) is 0 Å². The van der Waals surface area contributed by atoms with Crippen molar-refractivity contribution in [2.75, 3.05) is 5.32 Å². The number of nitrogens with zero attached hydrogens (tertiary/aromatic N) is 2. The van der Waals surface area contributed by atoms with Gasteiger partial charge in [0.15, 0.2) is 5.82 Å². The van der Waals surface area contributed by atoms with Gasteiger partial charge in [0.1, 0.15) is 5.76 Å². The average Bonchev–Trinajstić information content (AvgIpc) is 2.67. The first-order valence-corrected chi connectivity index (χ1v) is 4.02. The van der Waals surface area contributed by atoms with Gasteiger partial charge in [0.25, 0.3) is 0 Å². The number of rotatable bonds is 3. The third kappa shape index (κ3) is 1.98. The Morgan fingerprint density at radius 3 is 3.21 bits per heavy atom. The molecule has 0 unspecified atom stereocenters. The summed E-state index contributed by atoms with van der Waals surface area (Å²) < 4.78 is 5.09. The lowest BCUT2D eigenvalue weighted by Crippen LogP contribution is -2.14. The van der Waals surface area contributed by atoms with Crippen molar-refractivity contribution in [3.05, 3.63) is 40.8 Å². The van der Waals surface area contributed by atoms with Gasteiger partial charge < -0.3 is 9.73 Å². The summed E-state index contributed by atoms with van der Waals surface area (Å²) in [5, 5.41) is 8.68. The molecule has 0 aliphatic heterocycles. The molecule has 2 aromatic heterocycles. The van der Waals surface area contributed by atoms with Gasteiger partial charge in [-0.2, -0.15) is 10.1 Å². The molecule has 0 aromatic carbocycles. The van der Waals surface area contributed by atoms with Crippen molar-refractivity contribution in [3.63, 3.8) is 0 Å². The molecule has 0 saturated carbocycles. The average molecular weight is 192 g/mol. The second-order valence-electron chi connectivity index (χ2n) is 2.61. The van der Waals surface area contributed by atoms with Crippen molar-refractivity contribution in [3.8, 4) is 0 Å². The van der Waals surface area contributed by atoms with Crippen LogP contribution in [-0.4, -0.2) is 15.2 Å². The number of aromatic nitrogens is 3. The molecule has 0 amide bonds. The number of H-pyrrole nitrogens is 1. The molecule has 0 aliphatic rings. The zero-order chi connectivity index (χ0) is 9.80. The largest absolute Gasteiger partial charge is 0.467 e. The lowest BCUT2D eigenvalue weighted by atomic mass is 10.4. The molecular weight excluding hydrogens is 184 g/mol. The van der Waals surface area contributed by atoms with E-state index in [1.165, 1.54) is 6.20 Å². The molecule has 0 atom stereocenters. The van der Waals surface area contributed by atoms with Crippen molar-refractivity contribution in [2.45, 2.75) is 6.54 Å². The van der Waals surface area contributed by atoms with Crippen LogP contribution in [0.3, 0.4) is 0 Å². The molecule has 0 aliphatic carbocycles. The van der Waals surface area contributed by atoms with Crippen molar-refractivity contribution in [1.82, 2.24) is 15.2 Å². The third-order valence-corrected chi connectivity index (χ3v) is 1.59. The van der Waals surface area contributed by atoms with Gasteiger partial charge in [-0.25, -0.2) is 9.89 Å². The maximum Gasteiger partial charge on any atom is 0.363 e. The second-order valence-corrected chi connectivity index (χ2v) is 2.61. The van der Waals surface area contributed by atoms with E-state index in [0.717, 1.165) is 5.76 Å². The first-order chi connectivity index (χ1) is 6.84. The van der Waals surface area contributed by atoms with Crippen LogP contribution >= 0.6 is 0 Å². The maximum absolute atomic E-state index is 10.8. The Hall–Kier alpha value is -2.11. The first-order valence-electron chi connectivity index (χ1n) is 4.02. The van der Waals surface area contributed by atoms with E-state index in [-0.39, 0.29) is 0 Å². The summed E-state index contributed by atoms with van der Waals surface area (Å²) in [5.41, 5.74) is -0.477. The number of aromatic amines is 1. The van der Waals surface area contributed by atoms with Crippen molar-refractivity contribution in [2.24, 2.45) is 0 Å². The first kappa shape index (κ1) is 8.49. The van der Waals surface area contributed by atoms with E-state index < -0.39 is 5.69 Å². The Balaban J connectivity index is 2.02. The monoisotopic (exact) mass is 192 g/mol. The normalized spacial score (nSPS) is 10.0. The SMILES string of the molecule is O=c1nc(NCc2ccco2)cn[nH]1. The van der Waals surface area contributed by atoms with Gasteiger partial charge in [0, 0.05) is 0 Å². The number of hydrogen-bond acceptors (Lipinski definition) is 5. The zero-order valence-corrected chi connectivity index (χ0v) is 7.23. The lowest BCUT2D eigenvalue weighted by Gasteiger charge is -2.00. The van der Waals surface area contributed by atoms with Crippen LogP contribution in [-0.2, 0) is 6.54 Å². The molecule has 14 heavy (non-hydrogen) atoms. The third-order valence-electron chi connectivity index (χ3n) is 1.59. The summed E-state index contributed by atoms with van der Waals surface area (Å²) in [6.07, 6.45) is 3.02. The Bertz CT molecular complexity index is 448. The van der Waals surface area contributed by atoms with Gasteiger partial charge in [-0.05, 0) is 12.1 Å². The summed E-state index contributed by atoms with van der Waals surface area (Å²) in [4.78, 5) is 14.4. The minimum atomic E-state index is -0.477. The zero-order valence-electron chi connectivity index (χ0n) is 7.23. The molecule has 2 heterocycles. The van der Waals surface area contributed by atoms with E-state index in [0.29, 0.717) is 12.4 Å². The van der Waals surface area contributed by atoms with E-state index in [2.05, 4.69) is 20.5 Å². The van der Waals surface area contributed by atoms with Crippen LogP contribution in [0.25, 0.3) is 0 Å². The summed E-state index contributed by atoms with van der Waals surface area (Å²) in [6, 6.07) is 3.62. The quantitative estimate of drug-likeness (QED) is 0.734. The Kier molecular flexibility index (Phi) is 2.26. The predicted molar refractivity (Wildman–Crippen MR) is 48.7 cm³/mol. The van der Waals surface area contributed by atoms with E-state index in [1.807, 2.05) is 6.07 Å². The van der Waals surface area contributed by atoms with Crippen LogP contribution in [0, 0.1) is 0 Å². The van der Waals surface area contributed by atoms with Gasteiger partial charge in [0.05, 0.1) is 19.0 Å². The molecule has 0 fully saturated rings. The minimum absolute atomic E-state index is 0.421. The lowest BCUT2D eigenvalue weighted by molar-refractivity contribution is 0.517. The fourth-order valence-corrected chi connectivity index (χ4v) is 0.988. The van der Waals surface area contributed by atoms with Crippen LogP contribution in [0.4, 0.5) is 5.82 Å². The van der Waals surface area contributed by atoms with Crippen LogP contribution in [0.1, 0.15) is 5.76 Å². The Morgan fingerprint density at radius 1 is 1.57 bits per heavy atom. The van der Waals surface area contributed by atoms with E-state index in [4.69, 9.17) is 4.42 Å². The number of hydrogen-bond donors (Lipinski definition) is 2. The molecule has 2 N–H and O–H groups in total. The molecule has 6 nitrogen and oxygen atoms in total. The van der Waals surface area contributed by atoms with Crippen molar-refractivity contribution >= 4 is 5.82 Å². The van der Waals surface area contributed by atoms with Gasteiger partial charge in [-0.3, -0.25) is 0 Å². The van der Waals surface area contributed by atoms with Crippen molar-refractivity contribution < 1.29 is 4.42 Å². The van der Waals surface area contributed by atoms with Gasteiger partial charge in [0.2, 0.25) is 0 Å². The Morgan fingerprint density at radius 2 is 2.50 bits per heavy atom. The fraction of sp³-hybridized carbons (Fsp3) is 0.125. The van der Waals surface area contributed by atoms with Crippen molar-refractivity contribution in [1.29, 1.82) is 0 Å². The van der Waals surface area contributed by atoms with E-state index in [1.54, 1.807) is 12.3 Å². The molecule has 0 bridgehead atoms. The maximum atomic E-state index is 10.8. The topological polar surface area (TPSA) is 83.8 Å². The van der Waals surface area contributed by atoms with Crippen LogP contribution in [0.15, 0.2) is 33.8 Å². The molecule has 0 spiro atoms. The fourth-order valence-electron chi connectivity index (χ4n) is 0.988. The minimum Gasteiger partial charge on any atom is -0.467 e. The molecule has 0 saturated heterocycles. The summed E-state index contributed by atoms with van der Waals surface area (Å²) in [6.45, 7) is 0.477. The highest BCUT2D eigenvalue weighted by atomic mass is 16.3. The number of anilines is 1.